The Balaban J connectivity index is 1.73. The quantitative estimate of drug-likeness (QED) is 0.161. The fourth-order valence-corrected chi connectivity index (χ4v) is 5.19. The number of nitro groups is 1. The van der Waals surface area contributed by atoms with Crippen LogP contribution in [0, 0.1) is 16.0 Å². The van der Waals surface area contributed by atoms with E-state index >= 15 is 0 Å². The van der Waals surface area contributed by atoms with Crippen LogP contribution in [0.4, 0.5) is 10.5 Å². The smallest absolute Gasteiger partial charge is 0.404 e. The van der Waals surface area contributed by atoms with Gasteiger partial charge >= 0.3 is 18.0 Å². The number of nitrogens with two attached hydrogens (primary N) is 2. The Bertz CT molecular complexity index is 971. The lowest BCUT2D eigenvalue weighted by Crippen LogP contribution is -2.76. The molecule has 1 aromatic carbocycles. The van der Waals surface area contributed by atoms with Crippen molar-refractivity contribution >= 4 is 41.4 Å². The van der Waals surface area contributed by atoms with Crippen LogP contribution < -0.4 is 11.5 Å². The second-order valence-electron chi connectivity index (χ2n) is 7.14. The molecule has 14 heteroatoms. The number of benzene rings is 1. The molecule has 0 spiro atoms. The second kappa shape index (κ2) is 7.70. The number of rotatable bonds is 7. The van der Waals surface area contributed by atoms with Gasteiger partial charge in [0.25, 0.3) is 5.69 Å². The molecule has 0 saturated carbocycles. The number of non-ortho nitro benzene ring substituents is 1. The third-order valence-corrected chi connectivity index (χ3v) is 6.88. The summed E-state index contributed by atoms with van der Waals surface area (Å²) in [5, 5.41) is 19.4. The number of aliphatic carboxylic acids is 1. The molecule has 5 N–H and O–H groups in total. The largest absolute Gasteiger partial charge is 0.478 e. The molecule has 0 radical (unpaired) electrons. The summed E-state index contributed by atoms with van der Waals surface area (Å²) in [5.41, 5.74) is 9.09. The average molecular weight is 454 g/mol. The number of hydrogen-bond donors (Lipinski definition) is 3. The second-order valence-corrected chi connectivity index (χ2v) is 8.76. The van der Waals surface area contributed by atoms with Gasteiger partial charge in [0, 0.05) is 12.1 Å². The van der Waals surface area contributed by atoms with E-state index in [2.05, 4.69) is 0 Å². The number of carboxylic acids is 1. The zero-order valence-corrected chi connectivity index (χ0v) is 16.9. The molecule has 2 aliphatic rings. The van der Waals surface area contributed by atoms with Gasteiger partial charge in [-0.15, -0.1) is 11.8 Å². The van der Waals surface area contributed by atoms with E-state index in [0.717, 1.165) is 16.7 Å². The van der Waals surface area contributed by atoms with Crippen LogP contribution in [0.2, 0.25) is 0 Å². The first kappa shape index (κ1) is 22.3. The summed E-state index contributed by atoms with van der Waals surface area (Å²) >= 11 is 0.898. The molecular weight excluding hydrogens is 436 g/mol. The molecule has 0 aliphatic carbocycles. The van der Waals surface area contributed by atoms with Gasteiger partial charge in [-0.05, 0) is 24.6 Å². The molecule has 3 rings (SSSR count). The fourth-order valence-electron chi connectivity index (χ4n) is 3.43. The first-order valence-corrected chi connectivity index (χ1v) is 9.66. The van der Waals surface area contributed by atoms with Crippen molar-refractivity contribution in [3.63, 3.8) is 0 Å². The van der Waals surface area contributed by atoms with Crippen LogP contribution in [0.3, 0.4) is 0 Å². The number of carbonyl (C=O) groups is 4. The van der Waals surface area contributed by atoms with E-state index < -0.39 is 57.2 Å². The summed E-state index contributed by atoms with van der Waals surface area (Å²) < 4.78 is 8.39. The van der Waals surface area contributed by atoms with Crippen molar-refractivity contribution in [2.75, 3.05) is 6.61 Å². The van der Waals surface area contributed by atoms with Gasteiger partial charge in [0.15, 0.2) is 5.92 Å². The van der Waals surface area contributed by atoms with E-state index in [4.69, 9.17) is 20.9 Å². The number of nitro benzene ring substituents is 1. The number of amides is 2. The summed E-state index contributed by atoms with van der Waals surface area (Å²) in [6.45, 7) is 0.646. The SMILES string of the molecule is CC1(COC(N)=O)S[C@@H]2C(C(=O)OCc3ccc([N+](=O)[O-])cc3)C(=O)N2C1(N)C(=O)O. The van der Waals surface area contributed by atoms with Gasteiger partial charge in [0.1, 0.15) is 18.6 Å². The Morgan fingerprint density at radius 3 is 2.42 bits per heavy atom. The van der Waals surface area contributed by atoms with E-state index in [-0.39, 0.29) is 12.3 Å². The lowest BCUT2D eigenvalue weighted by atomic mass is 9.86. The third-order valence-electron chi connectivity index (χ3n) is 5.21. The Morgan fingerprint density at radius 2 is 1.90 bits per heavy atom. The Kier molecular flexibility index (Phi) is 5.54. The van der Waals surface area contributed by atoms with Gasteiger partial charge in [-0.2, -0.15) is 0 Å². The average Bonchev–Trinajstić information content (AvgIpc) is 2.90. The molecule has 13 nitrogen and oxygen atoms in total. The number of nitrogens with zero attached hydrogens (tertiary/aromatic N) is 2. The zero-order chi connectivity index (χ0) is 23.1. The minimum Gasteiger partial charge on any atom is -0.478 e. The van der Waals surface area contributed by atoms with Crippen LogP contribution in [0.15, 0.2) is 24.3 Å². The highest BCUT2D eigenvalue weighted by Gasteiger charge is 2.75. The Hall–Kier alpha value is -3.39. The molecule has 2 fully saturated rings. The minimum atomic E-state index is -2.25. The molecule has 0 bridgehead atoms. The molecule has 2 aliphatic heterocycles. The number of carbonyl (C=O) groups excluding carboxylic acids is 3. The van der Waals surface area contributed by atoms with E-state index in [1.807, 2.05) is 0 Å². The Labute approximate surface area is 178 Å². The summed E-state index contributed by atoms with van der Waals surface area (Å²) in [4.78, 5) is 59.0. The van der Waals surface area contributed by atoms with Gasteiger partial charge in [0.05, 0.1) is 9.67 Å². The van der Waals surface area contributed by atoms with Gasteiger partial charge in [0.2, 0.25) is 11.6 Å². The number of thioether (sulfide) groups is 1. The third kappa shape index (κ3) is 3.53. The van der Waals surface area contributed by atoms with Gasteiger partial charge in [-0.1, -0.05) is 0 Å². The monoisotopic (exact) mass is 454 g/mol. The number of primary amides is 1. The van der Waals surface area contributed by atoms with Crippen molar-refractivity contribution in [1.29, 1.82) is 0 Å². The maximum absolute atomic E-state index is 12.6. The minimum absolute atomic E-state index is 0.132. The molecule has 166 valence electrons. The molecule has 2 saturated heterocycles. The van der Waals surface area contributed by atoms with Crippen molar-refractivity contribution in [3.8, 4) is 0 Å². The summed E-state index contributed by atoms with van der Waals surface area (Å²) in [6.07, 6.45) is -1.14. The first-order valence-electron chi connectivity index (χ1n) is 8.78. The summed E-state index contributed by atoms with van der Waals surface area (Å²) in [5.74, 6) is -4.58. The highest BCUT2D eigenvalue weighted by Crippen LogP contribution is 2.57. The summed E-state index contributed by atoms with van der Waals surface area (Å²) in [7, 11) is 0. The van der Waals surface area contributed by atoms with Crippen molar-refractivity contribution in [2.24, 2.45) is 17.4 Å². The first-order chi connectivity index (χ1) is 14.4. The van der Waals surface area contributed by atoms with E-state index in [1.54, 1.807) is 0 Å². The lowest BCUT2D eigenvalue weighted by Gasteiger charge is -2.46. The molecule has 31 heavy (non-hydrogen) atoms. The highest BCUT2D eigenvalue weighted by molar-refractivity contribution is 8.01. The van der Waals surface area contributed by atoms with Crippen LogP contribution in [0.1, 0.15) is 12.5 Å². The topological polar surface area (TPSA) is 205 Å². The molecule has 1 aromatic rings. The van der Waals surface area contributed by atoms with Crippen molar-refractivity contribution in [3.05, 3.63) is 39.9 Å². The zero-order valence-electron chi connectivity index (χ0n) is 16.0. The standard InChI is InChI=1S/C17H18N4O9S/c1-16(7-30-15(18)26)17(19,14(24)25)20-11(22)10(12(20)31-16)13(23)29-6-8-2-4-9(5-3-8)21(27)28/h2-5,10,12H,6-7,19H2,1H3,(H2,18,26)(H,24,25)/t10?,12-,16?,17?/m1/s1. The molecule has 2 amide bonds. The predicted molar refractivity (Wildman–Crippen MR) is 103 cm³/mol. The number of esters is 1. The lowest BCUT2D eigenvalue weighted by molar-refractivity contribution is -0.384. The van der Waals surface area contributed by atoms with Crippen LogP contribution >= 0.6 is 11.8 Å². The van der Waals surface area contributed by atoms with E-state index in [1.165, 1.54) is 31.2 Å². The predicted octanol–water partition coefficient (Wildman–Crippen LogP) is -0.237. The van der Waals surface area contributed by atoms with E-state index in [9.17, 15) is 34.4 Å². The highest BCUT2D eigenvalue weighted by atomic mass is 32.2. The maximum atomic E-state index is 12.6. The normalized spacial score (nSPS) is 29.0. The van der Waals surface area contributed by atoms with Crippen LogP contribution in [0.25, 0.3) is 0 Å². The maximum Gasteiger partial charge on any atom is 0.404 e. The fraction of sp³-hybridized carbons (Fsp3) is 0.412. The summed E-state index contributed by atoms with van der Waals surface area (Å²) in [6, 6.07) is 5.29. The number of hydrogen-bond acceptors (Lipinski definition) is 10. The number of carboxylic acid groups (broad SMARTS) is 1. The van der Waals surface area contributed by atoms with Crippen molar-refractivity contribution in [2.45, 2.75) is 29.3 Å². The van der Waals surface area contributed by atoms with E-state index in [0.29, 0.717) is 5.56 Å². The van der Waals surface area contributed by atoms with Gasteiger partial charge in [-0.3, -0.25) is 30.3 Å². The number of ether oxygens (including phenoxy) is 2. The van der Waals surface area contributed by atoms with Gasteiger partial charge < -0.3 is 20.3 Å². The molecule has 3 unspecified atom stereocenters. The van der Waals surface area contributed by atoms with Crippen molar-refractivity contribution in [1.82, 2.24) is 4.90 Å². The van der Waals surface area contributed by atoms with Crippen LogP contribution in [0.5, 0.6) is 0 Å². The number of β-lactam (4-membered cyclic amide) rings is 1. The van der Waals surface area contributed by atoms with Crippen LogP contribution in [-0.2, 0) is 30.5 Å². The van der Waals surface area contributed by atoms with Crippen LogP contribution in [-0.4, -0.2) is 61.3 Å². The van der Waals surface area contributed by atoms with Crippen molar-refractivity contribution < 1.29 is 38.7 Å². The molecule has 2 heterocycles. The molecule has 4 atom stereocenters. The van der Waals surface area contributed by atoms with Gasteiger partial charge in [-0.25, -0.2) is 9.59 Å². The molecular formula is C17H18N4O9S. The Morgan fingerprint density at radius 1 is 1.29 bits per heavy atom. The number of fused-ring (bicyclic) bond motifs is 1. The molecule has 0 aromatic heterocycles.